The molecule has 0 radical (unpaired) electrons. The third-order valence-electron chi connectivity index (χ3n) is 2.22. The van der Waals surface area contributed by atoms with Crippen LogP contribution in [-0.2, 0) is 31.6 Å². The number of halogens is 3. The molecule has 2 nitrogen and oxygen atoms in total. The Bertz CT molecular complexity index is 437. The second-order valence-corrected chi connectivity index (χ2v) is 4.31. The van der Waals surface area contributed by atoms with Crippen LogP contribution in [0.1, 0.15) is 26.3 Å². The van der Waals surface area contributed by atoms with Gasteiger partial charge in [-0.3, -0.25) is 5.10 Å². The summed E-state index contributed by atoms with van der Waals surface area (Å²) in [7, 11) is 0. The van der Waals surface area contributed by atoms with Crippen LogP contribution < -0.4 is 37.2 Å². The fourth-order valence-corrected chi connectivity index (χ4v) is 1.54. The van der Waals surface area contributed by atoms with Crippen LogP contribution in [0.2, 0.25) is 0 Å². The molecule has 0 aliphatic carbocycles. The van der Waals surface area contributed by atoms with E-state index in [9.17, 15) is 0 Å². The van der Waals surface area contributed by atoms with Gasteiger partial charge in [-0.1, -0.05) is 32.4 Å². The molecule has 0 saturated carbocycles. The number of nitrogens with one attached hydrogen (secondary N) is 1. The second kappa shape index (κ2) is 8.53. The SMILES string of the molecule is CC(C)(C)c1cccc2[c-]n[nH]c12.[Cl-].[Cl-].[Cl-].[Zr+4]. The largest absolute Gasteiger partial charge is 4.00 e. The molecule has 1 aromatic heterocycles. The number of hydrogen-bond acceptors (Lipinski definition) is 1. The maximum atomic E-state index is 3.93. The van der Waals surface area contributed by atoms with E-state index in [1.807, 2.05) is 6.07 Å². The summed E-state index contributed by atoms with van der Waals surface area (Å²) >= 11 is 0. The van der Waals surface area contributed by atoms with Crippen molar-refractivity contribution in [1.82, 2.24) is 10.2 Å². The first-order valence-electron chi connectivity index (χ1n) is 4.44. The summed E-state index contributed by atoms with van der Waals surface area (Å²) in [5.41, 5.74) is 2.55. The summed E-state index contributed by atoms with van der Waals surface area (Å²) in [6.45, 7) is 6.59. The summed E-state index contributed by atoms with van der Waals surface area (Å²) in [5, 5.41) is 7.98. The molecule has 2 aromatic rings. The Hall–Kier alpha value is 0.443. The molecule has 0 saturated heterocycles. The van der Waals surface area contributed by atoms with Gasteiger partial charge in [0.1, 0.15) is 0 Å². The summed E-state index contributed by atoms with van der Waals surface area (Å²) in [6.07, 6.45) is 2.93. The van der Waals surface area contributed by atoms with Crippen molar-refractivity contribution in [3.63, 3.8) is 0 Å². The first kappa shape index (κ1) is 22.6. The van der Waals surface area contributed by atoms with E-state index in [0.29, 0.717) is 0 Å². The molecule has 2 rings (SSSR count). The minimum Gasteiger partial charge on any atom is -1.00 e. The average Bonchev–Trinajstić information content (AvgIpc) is 2.48. The zero-order valence-electron chi connectivity index (χ0n) is 9.81. The molecule has 0 amide bonds. The van der Waals surface area contributed by atoms with Crippen LogP contribution in [0.3, 0.4) is 0 Å². The summed E-state index contributed by atoms with van der Waals surface area (Å²) < 4.78 is 0. The standard InChI is InChI=1S/C11H13N2.3ClH.Zr/c1-11(2,3)9-6-4-5-8-7-12-13-10(8)9;;;;/h4-6H,1-3H3,(H,12,13);3*1H;/q-1;;;;+4/p-3. The fraction of sp³-hybridized carbons (Fsp3) is 0.364. The smallest absolute Gasteiger partial charge is 1.00 e. The number of aromatic amines is 1. The number of rotatable bonds is 0. The Morgan fingerprint density at radius 2 is 1.71 bits per heavy atom. The van der Waals surface area contributed by atoms with Crippen LogP contribution >= 0.6 is 0 Å². The normalized spacial score (nSPS) is 9.35. The molecule has 1 N–H and O–H groups in total. The number of hydrogen-bond donors (Lipinski definition) is 1. The van der Waals surface area contributed by atoms with Gasteiger partial charge in [0.05, 0.1) is 0 Å². The zero-order valence-corrected chi connectivity index (χ0v) is 14.5. The first-order chi connectivity index (χ1) is 6.09. The minimum absolute atomic E-state index is 0. The van der Waals surface area contributed by atoms with Crippen LogP contribution in [0.4, 0.5) is 0 Å². The van der Waals surface area contributed by atoms with Crippen molar-refractivity contribution in [2.45, 2.75) is 26.2 Å². The Labute approximate surface area is 140 Å². The van der Waals surface area contributed by atoms with Crippen molar-refractivity contribution in [2.24, 2.45) is 0 Å². The van der Waals surface area contributed by atoms with Gasteiger partial charge in [0.15, 0.2) is 0 Å². The molecule has 0 fully saturated rings. The molecule has 0 aliphatic heterocycles. The molecule has 0 aliphatic rings. The Balaban J connectivity index is -0.000000490. The van der Waals surface area contributed by atoms with Gasteiger partial charge in [-0.2, -0.15) is 6.07 Å². The molecule has 1 heterocycles. The number of H-pyrrole nitrogens is 1. The maximum absolute atomic E-state index is 3.93. The number of para-hydroxylation sites is 1. The van der Waals surface area contributed by atoms with Gasteiger partial charge in [-0.05, 0) is 17.1 Å². The molecule has 0 atom stereocenters. The van der Waals surface area contributed by atoms with Crippen LogP contribution in [-0.4, -0.2) is 10.2 Å². The van der Waals surface area contributed by atoms with Gasteiger partial charge in [-0.25, -0.2) is 0 Å². The maximum Gasteiger partial charge on any atom is 4.00 e. The van der Waals surface area contributed by atoms with Gasteiger partial charge in [0, 0.05) is 0 Å². The van der Waals surface area contributed by atoms with E-state index < -0.39 is 0 Å². The average molecular weight is 371 g/mol. The van der Waals surface area contributed by atoms with Gasteiger partial charge in [-0.15, -0.1) is 11.5 Å². The van der Waals surface area contributed by atoms with Crippen LogP contribution in [0.25, 0.3) is 10.9 Å². The summed E-state index contributed by atoms with van der Waals surface area (Å²) in [5.74, 6) is 0. The van der Waals surface area contributed by atoms with E-state index in [1.54, 1.807) is 0 Å². The van der Waals surface area contributed by atoms with Crippen molar-refractivity contribution < 1.29 is 63.4 Å². The van der Waals surface area contributed by atoms with Gasteiger partial charge < -0.3 is 42.3 Å². The summed E-state index contributed by atoms with van der Waals surface area (Å²) in [4.78, 5) is 0. The van der Waals surface area contributed by atoms with Gasteiger partial charge in [0.25, 0.3) is 0 Å². The fourth-order valence-electron chi connectivity index (χ4n) is 1.54. The van der Waals surface area contributed by atoms with Crippen molar-refractivity contribution in [1.29, 1.82) is 0 Å². The van der Waals surface area contributed by atoms with Crippen molar-refractivity contribution in [3.8, 4) is 0 Å². The van der Waals surface area contributed by atoms with Crippen molar-refractivity contribution >= 4 is 10.9 Å². The monoisotopic (exact) mass is 368 g/mol. The van der Waals surface area contributed by atoms with E-state index in [-0.39, 0.29) is 68.8 Å². The first-order valence-corrected chi connectivity index (χ1v) is 4.44. The Morgan fingerprint density at radius 3 is 2.24 bits per heavy atom. The van der Waals surface area contributed by atoms with E-state index in [4.69, 9.17) is 0 Å². The van der Waals surface area contributed by atoms with E-state index in [1.165, 1.54) is 5.56 Å². The Morgan fingerprint density at radius 1 is 1.12 bits per heavy atom. The molecule has 0 unspecified atom stereocenters. The predicted octanol–water partition coefficient (Wildman–Crippen LogP) is -6.33. The quantitative estimate of drug-likeness (QED) is 0.459. The minimum atomic E-state index is 0. The Kier molecular flexibility index (Phi) is 11.3. The van der Waals surface area contributed by atoms with E-state index in [0.717, 1.165) is 10.9 Å². The number of aromatic nitrogens is 2. The van der Waals surface area contributed by atoms with Crippen LogP contribution in [0.15, 0.2) is 18.2 Å². The molecule has 1 aromatic carbocycles. The molecule has 17 heavy (non-hydrogen) atoms. The molecule has 6 heteroatoms. The third-order valence-corrected chi connectivity index (χ3v) is 2.22. The van der Waals surface area contributed by atoms with Crippen molar-refractivity contribution in [3.05, 3.63) is 30.0 Å². The molecule has 0 bridgehead atoms. The third kappa shape index (κ3) is 4.91. The van der Waals surface area contributed by atoms with Gasteiger partial charge >= 0.3 is 26.2 Å². The number of fused-ring (bicyclic) bond motifs is 1. The number of nitrogens with zero attached hydrogens (tertiary/aromatic N) is 1. The van der Waals surface area contributed by atoms with Crippen LogP contribution in [0, 0.1) is 6.20 Å². The molecular formula is C11H13Cl3N2Zr. The zero-order chi connectivity index (χ0) is 9.47. The van der Waals surface area contributed by atoms with E-state index >= 15 is 0 Å². The second-order valence-electron chi connectivity index (χ2n) is 4.31. The van der Waals surface area contributed by atoms with Crippen molar-refractivity contribution in [2.75, 3.05) is 0 Å². The predicted molar refractivity (Wildman–Crippen MR) is 53.6 cm³/mol. The number of benzene rings is 1. The summed E-state index contributed by atoms with van der Waals surface area (Å²) in [6, 6.07) is 6.21. The molecular weight excluding hydrogens is 358 g/mol. The van der Waals surface area contributed by atoms with Gasteiger partial charge in [0.2, 0.25) is 0 Å². The van der Waals surface area contributed by atoms with E-state index in [2.05, 4.69) is 49.3 Å². The molecule has 92 valence electrons. The molecule has 0 spiro atoms. The topological polar surface area (TPSA) is 28.7 Å². The van der Waals surface area contributed by atoms with Crippen LogP contribution in [0.5, 0.6) is 0 Å².